The molecule has 33 heavy (non-hydrogen) atoms. The molecule has 1 amide bonds. The van der Waals surface area contributed by atoms with Crippen LogP contribution in [0.4, 0.5) is 10.1 Å². The van der Waals surface area contributed by atoms with E-state index in [0.717, 1.165) is 22.0 Å². The third-order valence-electron chi connectivity index (χ3n) is 5.59. The van der Waals surface area contributed by atoms with E-state index >= 15 is 0 Å². The number of rotatable bonds is 5. The molecule has 5 aromatic rings. The van der Waals surface area contributed by atoms with Gasteiger partial charge in [-0.3, -0.25) is 14.2 Å². The number of nitrogens with zero attached hydrogens (tertiary/aromatic N) is 3. The quantitative estimate of drug-likeness (QED) is 0.438. The Labute approximate surface area is 188 Å². The Bertz CT molecular complexity index is 1550. The van der Waals surface area contributed by atoms with E-state index in [1.165, 1.54) is 18.2 Å². The van der Waals surface area contributed by atoms with Gasteiger partial charge >= 0.3 is 0 Å². The topological polar surface area (TPSA) is 68.9 Å². The van der Waals surface area contributed by atoms with Crippen molar-refractivity contribution in [2.24, 2.45) is 0 Å². The van der Waals surface area contributed by atoms with E-state index in [1.54, 1.807) is 21.5 Å². The molecule has 0 saturated heterocycles. The van der Waals surface area contributed by atoms with Crippen molar-refractivity contribution in [2.45, 2.75) is 20.0 Å². The minimum absolute atomic E-state index is 0.105. The SMILES string of the molecule is Cc1ccc2c(c1)c1ncn(Cc3ccccc3)c(=O)c1n2CC(=O)Nc1cccc(F)c1. The zero-order chi connectivity index (χ0) is 22.9. The molecule has 0 saturated carbocycles. The average Bonchev–Trinajstić information content (AvgIpc) is 3.09. The van der Waals surface area contributed by atoms with E-state index in [1.807, 2.05) is 55.5 Å². The van der Waals surface area contributed by atoms with E-state index < -0.39 is 5.82 Å². The highest BCUT2D eigenvalue weighted by Gasteiger charge is 2.19. The Balaban J connectivity index is 1.61. The van der Waals surface area contributed by atoms with Gasteiger partial charge < -0.3 is 9.88 Å². The molecule has 2 aromatic heterocycles. The lowest BCUT2D eigenvalue weighted by atomic mass is 10.1. The second-order valence-corrected chi connectivity index (χ2v) is 8.03. The van der Waals surface area contributed by atoms with Crippen molar-refractivity contribution in [2.75, 3.05) is 5.32 Å². The first kappa shape index (κ1) is 20.6. The molecule has 2 heterocycles. The fraction of sp³-hybridized carbons (Fsp3) is 0.115. The molecule has 0 aliphatic carbocycles. The molecular formula is C26H21FN4O2. The van der Waals surface area contributed by atoms with Crippen molar-refractivity contribution in [3.63, 3.8) is 0 Å². The Morgan fingerprint density at radius 1 is 1.03 bits per heavy atom. The summed E-state index contributed by atoms with van der Waals surface area (Å²) in [7, 11) is 0. The molecule has 5 rings (SSSR count). The Kier molecular flexibility index (Phi) is 5.22. The number of halogens is 1. The lowest BCUT2D eigenvalue weighted by molar-refractivity contribution is -0.116. The second-order valence-electron chi connectivity index (χ2n) is 8.03. The molecule has 0 spiro atoms. The highest BCUT2D eigenvalue weighted by Crippen LogP contribution is 2.26. The number of carbonyl (C=O) groups excluding carboxylic acids is 1. The van der Waals surface area contributed by atoms with Gasteiger partial charge in [0.1, 0.15) is 23.4 Å². The van der Waals surface area contributed by atoms with E-state index in [4.69, 9.17) is 0 Å². The minimum Gasteiger partial charge on any atom is -0.325 e. The number of aryl methyl sites for hydroxylation is 1. The summed E-state index contributed by atoms with van der Waals surface area (Å²) in [6, 6.07) is 21.2. The first-order valence-electron chi connectivity index (χ1n) is 10.6. The van der Waals surface area contributed by atoms with Crippen LogP contribution >= 0.6 is 0 Å². The van der Waals surface area contributed by atoms with Crippen molar-refractivity contribution in [1.82, 2.24) is 14.1 Å². The van der Waals surface area contributed by atoms with Gasteiger partial charge in [0.15, 0.2) is 0 Å². The van der Waals surface area contributed by atoms with Crippen LogP contribution in [0.15, 0.2) is 83.9 Å². The monoisotopic (exact) mass is 440 g/mol. The predicted molar refractivity (Wildman–Crippen MR) is 127 cm³/mol. The average molecular weight is 440 g/mol. The summed E-state index contributed by atoms with van der Waals surface area (Å²) < 4.78 is 16.8. The number of amides is 1. The van der Waals surface area contributed by atoms with Crippen LogP contribution in [-0.2, 0) is 17.9 Å². The molecule has 0 aliphatic heterocycles. The van der Waals surface area contributed by atoms with Crippen LogP contribution in [0, 0.1) is 12.7 Å². The van der Waals surface area contributed by atoms with Crippen LogP contribution in [0.3, 0.4) is 0 Å². The smallest absolute Gasteiger partial charge is 0.278 e. The van der Waals surface area contributed by atoms with Gasteiger partial charge in [-0.05, 0) is 42.8 Å². The van der Waals surface area contributed by atoms with Crippen LogP contribution in [-0.4, -0.2) is 20.0 Å². The van der Waals surface area contributed by atoms with Gasteiger partial charge in [0, 0.05) is 11.1 Å². The zero-order valence-electron chi connectivity index (χ0n) is 18.0. The van der Waals surface area contributed by atoms with Crippen molar-refractivity contribution < 1.29 is 9.18 Å². The molecule has 0 aliphatic rings. The maximum Gasteiger partial charge on any atom is 0.278 e. The molecule has 1 N–H and O–H groups in total. The van der Waals surface area contributed by atoms with E-state index in [9.17, 15) is 14.0 Å². The van der Waals surface area contributed by atoms with E-state index in [2.05, 4.69) is 10.3 Å². The zero-order valence-corrected chi connectivity index (χ0v) is 18.0. The minimum atomic E-state index is -0.437. The number of anilines is 1. The summed E-state index contributed by atoms with van der Waals surface area (Å²) in [5.74, 6) is -0.800. The molecule has 0 fully saturated rings. The van der Waals surface area contributed by atoms with Gasteiger partial charge in [-0.25, -0.2) is 9.37 Å². The number of hydrogen-bond acceptors (Lipinski definition) is 3. The van der Waals surface area contributed by atoms with Gasteiger partial charge in [0.25, 0.3) is 5.56 Å². The Morgan fingerprint density at radius 2 is 1.85 bits per heavy atom. The van der Waals surface area contributed by atoms with Gasteiger partial charge in [0.2, 0.25) is 5.91 Å². The standard InChI is InChI=1S/C26H21FN4O2/c1-17-10-11-22-21(12-17)24-25(26(33)30(16-28-24)14-18-6-3-2-4-7-18)31(22)15-23(32)29-20-9-5-8-19(27)13-20/h2-13,16H,14-15H2,1H3,(H,29,32). The number of aromatic nitrogens is 3. The number of benzene rings is 3. The van der Waals surface area contributed by atoms with E-state index in [0.29, 0.717) is 23.3 Å². The molecule has 0 unspecified atom stereocenters. The van der Waals surface area contributed by atoms with Crippen LogP contribution in [0.2, 0.25) is 0 Å². The lowest BCUT2D eigenvalue weighted by Gasteiger charge is -2.10. The summed E-state index contributed by atoms with van der Waals surface area (Å²) in [5.41, 5.74) is 3.80. The van der Waals surface area contributed by atoms with Crippen LogP contribution in [0.1, 0.15) is 11.1 Å². The normalized spacial score (nSPS) is 11.2. The highest BCUT2D eigenvalue weighted by molar-refractivity contribution is 6.06. The third-order valence-corrected chi connectivity index (χ3v) is 5.59. The molecule has 0 bridgehead atoms. The molecule has 3 aromatic carbocycles. The first-order chi connectivity index (χ1) is 16.0. The second kappa shape index (κ2) is 8.35. The molecule has 0 atom stereocenters. The van der Waals surface area contributed by atoms with Crippen molar-refractivity contribution in [1.29, 1.82) is 0 Å². The maximum atomic E-state index is 13.5. The van der Waals surface area contributed by atoms with E-state index in [-0.39, 0.29) is 18.0 Å². The summed E-state index contributed by atoms with van der Waals surface area (Å²) in [6.07, 6.45) is 1.55. The van der Waals surface area contributed by atoms with Gasteiger partial charge in [0.05, 0.1) is 18.4 Å². The van der Waals surface area contributed by atoms with Crippen LogP contribution in [0.5, 0.6) is 0 Å². The molecule has 7 heteroatoms. The lowest BCUT2D eigenvalue weighted by Crippen LogP contribution is -2.25. The molecular weight excluding hydrogens is 419 g/mol. The third kappa shape index (κ3) is 4.01. The summed E-state index contributed by atoms with van der Waals surface area (Å²) in [5, 5.41) is 3.52. The summed E-state index contributed by atoms with van der Waals surface area (Å²) >= 11 is 0. The van der Waals surface area contributed by atoms with Crippen molar-refractivity contribution in [3.8, 4) is 0 Å². The van der Waals surface area contributed by atoms with Gasteiger partial charge in [-0.1, -0.05) is 48.0 Å². The van der Waals surface area contributed by atoms with Crippen molar-refractivity contribution in [3.05, 3.63) is 106 Å². The summed E-state index contributed by atoms with van der Waals surface area (Å²) in [4.78, 5) is 31.0. The van der Waals surface area contributed by atoms with Crippen molar-refractivity contribution >= 4 is 33.5 Å². The number of nitrogens with one attached hydrogen (secondary N) is 1. The summed E-state index contributed by atoms with van der Waals surface area (Å²) in [6.45, 7) is 2.24. The fourth-order valence-corrected chi connectivity index (χ4v) is 4.08. The van der Waals surface area contributed by atoms with Crippen LogP contribution in [0.25, 0.3) is 21.9 Å². The molecule has 0 radical (unpaired) electrons. The van der Waals surface area contributed by atoms with Gasteiger partial charge in [-0.2, -0.15) is 0 Å². The fourth-order valence-electron chi connectivity index (χ4n) is 4.08. The number of carbonyl (C=O) groups is 1. The number of fused-ring (bicyclic) bond motifs is 3. The Morgan fingerprint density at radius 3 is 2.64 bits per heavy atom. The molecule has 6 nitrogen and oxygen atoms in total. The maximum absolute atomic E-state index is 13.5. The van der Waals surface area contributed by atoms with Crippen LogP contribution < -0.4 is 10.9 Å². The Hall–Kier alpha value is -4.26. The highest BCUT2D eigenvalue weighted by atomic mass is 19.1. The largest absolute Gasteiger partial charge is 0.325 e. The molecule has 164 valence electrons. The predicted octanol–water partition coefficient (Wildman–Crippen LogP) is 4.49. The number of hydrogen-bond donors (Lipinski definition) is 1. The van der Waals surface area contributed by atoms with Gasteiger partial charge in [-0.15, -0.1) is 0 Å². The first-order valence-corrected chi connectivity index (χ1v) is 10.6.